The number of rotatable bonds is 6. The summed E-state index contributed by atoms with van der Waals surface area (Å²) in [6, 6.07) is 0. The molecule has 1 amide bonds. The van der Waals surface area contributed by atoms with E-state index in [9.17, 15) is 4.79 Å². The van der Waals surface area contributed by atoms with Gasteiger partial charge in [-0.2, -0.15) is 3.71 Å². The minimum Gasteiger partial charge on any atom is -1.00 e. The fraction of sp³-hybridized carbons (Fsp3) is 0.875. The van der Waals surface area contributed by atoms with Crippen molar-refractivity contribution in [3.05, 3.63) is 0 Å². The fourth-order valence-electron chi connectivity index (χ4n) is 0.923. The van der Waals surface area contributed by atoms with E-state index in [1.165, 1.54) is 19.3 Å². The predicted octanol–water partition coefficient (Wildman–Crippen LogP) is 2.93. The van der Waals surface area contributed by atoms with Gasteiger partial charge < -0.3 is 7.59 Å². The zero-order valence-electron chi connectivity index (χ0n) is 10.6. The van der Waals surface area contributed by atoms with Gasteiger partial charge in [0.2, 0.25) is 0 Å². The van der Waals surface area contributed by atoms with Crippen LogP contribution in [-0.2, 0) is 4.74 Å². The first-order valence-corrected chi connectivity index (χ1v) is 5.33. The molecule has 0 unspecified atom stereocenters. The molecule has 3 nitrogen and oxygen atoms in total. The van der Waals surface area contributed by atoms with Crippen LogP contribution in [0.4, 0.5) is 4.79 Å². The molecule has 0 aromatic heterocycles. The van der Waals surface area contributed by atoms with Gasteiger partial charge in [0.05, 0.1) is 6.61 Å². The second-order valence-electron chi connectivity index (χ2n) is 2.82. The Morgan fingerprint density at radius 1 is 1.29 bits per heavy atom. The van der Waals surface area contributed by atoms with E-state index in [2.05, 4.69) is 32.6 Å². The maximum Gasteiger partial charge on any atom is 2.00 e. The Morgan fingerprint density at radius 3 is 2.36 bits per heavy atom. The number of ether oxygens (including phenoxy) is 1. The first-order chi connectivity index (χ1) is 6.18. The Kier molecular flexibility index (Phi) is 16.1. The largest absolute Gasteiger partial charge is 2.00 e. The number of unbranched alkanes of at least 4 members (excludes halogenated alkanes) is 4. The van der Waals surface area contributed by atoms with Crippen molar-refractivity contribution in [2.75, 3.05) is 6.61 Å². The van der Waals surface area contributed by atoms with Crippen LogP contribution in [0.25, 0.3) is 0 Å². The van der Waals surface area contributed by atoms with Gasteiger partial charge in [-0.05, 0) is 32.1 Å². The molecule has 0 aliphatic carbocycles. The predicted molar refractivity (Wildman–Crippen MR) is 67.9 cm³/mol. The van der Waals surface area contributed by atoms with E-state index in [-0.39, 0.29) is 51.7 Å². The zero-order valence-corrected chi connectivity index (χ0v) is 14.8. The molecular formula is C8H19BaNO2S2. The average molecular weight is 363 g/mol. The van der Waals surface area contributed by atoms with Gasteiger partial charge in [0, 0.05) is 0 Å². The molecule has 0 aliphatic rings. The monoisotopic (exact) mass is 363 g/mol. The Balaban J connectivity index is -0.000000240. The maximum atomic E-state index is 10.8. The number of amides is 1. The van der Waals surface area contributed by atoms with Gasteiger partial charge in [0.25, 0.3) is 0 Å². The molecule has 14 heavy (non-hydrogen) atoms. The number of carbonyl (C=O) groups excluding carboxylic acids is 1. The Hall–Kier alpha value is 1.54. The number of hydrogen-bond acceptors (Lipinski definition) is 4. The van der Waals surface area contributed by atoms with Crippen LogP contribution in [0.5, 0.6) is 0 Å². The zero-order chi connectivity index (χ0) is 10.1. The van der Waals surface area contributed by atoms with Gasteiger partial charge in [0.1, 0.15) is 0 Å². The van der Waals surface area contributed by atoms with Gasteiger partial charge in [-0.3, -0.25) is 0 Å². The van der Waals surface area contributed by atoms with Crippen molar-refractivity contribution in [2.24, 2.45) is 0 Å². The summed E-state index contributed by atoms with van der Waals surface area (Å²) in [6.45, 7) is 2.62. The molecular weight excluding hydrogens is 344 g/mol. The van der Waals surface area contributed by atoms with Crippen molar-refractivity contribution in [3.63, 3.8) is 0 Å². The number of carbonyl (C=O) groups is 1. The van der Waals surface area contributed by atoms with Crippen molar-refractivity contribution in [3.8, 4) is 0 Å². The quantitative estimate of drug-likeness (QED) is 0.432. The third kappa shape index (κ3) is 11.6. The maximum absolute atomic E-state index is 10.8. The molecule has 0 atom stereocenters. The summed E-state index contributed by atoms with van der Waals surface area (Å²) in [5, 5.41) is 0. The molecule has 0 aromatic rings. The molecule has 0 radical (unpaired) electrons. The van der Waals surface area contributed by atoms with Crippen LogP contribution >= 0.6 is 25.6 Å². The van der Waals surface area contributed by atoms with Crippen molar-refractivity contribution in [1.29, 1.82) is 0 Å². The minimum atomic E-state index is -0.512. The van der Waals surface area contributed by atoms with Crippen LogP contribution in [0.3, 0.4) is 0 Å². The van der Waals surface area contributed by atoms with Crippen LogP contribution in [-0.4, -0.2) is 65.3 Å². The number of nitrogens with zero attached hydrogens (tertiary/aromatic N) is 1. The summed E-state index contributed by atoms with van der Waals surface area (Å²) < 4.78 is 5.66. The first-order valence-electron chi connectivity index (χ1n) is 4.53. The van der Waals surface area contributed by atoms with E-state index in [0.717, 1.165) is 16.6 Å². The van der Waals surface area contributed by atoms with E-state index >= 15 is 0 Å². The van der Waals surface area contributed by atoms with Crippen molar-refractivity contribution in [2.45, 2.75) is 39.0 Å². The topological polar surface area (TPSA) is 29.5 Å². The summed E-state index contributed by atoms with van der Waals surface area (Å²) in [7, 11) is 0. The second-order valence-corrected chi connectivity index (χ2v) is 3.93. The number of thiol groups is 2. The second kappa shape index (κ2) is 12.6. The summed E-state index contributed by atoms with van der Waals surface area (Å²) in [6.07, 6.45) is 5.20. The molecule has 0 N–H and O–H groups in total. The minimum absolute atomic E-state index is 0. The standard InChI is InChI=1S/C8H17NO2S2.Ba.2H/c1-2-3-4-5-6-7-11-8(10)9(12)13;;;/h12-13H,2-7H2,1H3;;;/q;+2;2*-1. The average Bonchev–Trinajstić information content (AvgIpc) is 2.10. The third-order valence-electron chi connectivity index (χ3n) is 1.64. The molecule has 0 fully saturated rings. The normalized spacial score (nSPS) is 9.07. The molecule has 0 bridgehead atoms. The van der Waals surface area contributed by atoms with Gasteiger partial charge in [-0.15, -0.1) is 0 Å². The van der Waals surface area contributed by atoms with E-state index in [1.807, 2.05) is 0 Å². The van der Waals surface area contributed by atoms with Crippen molar-refractivity contribution in [1.82, 2.24) is 3.71 Å². The van der Waals surface area contributed by atoms with Crippen LogP contribution in [0.15, 0.2) is 0 Å². The van der Waals surface area contributed by atoms with Gasteiger partial charge in [0.15, 0.2) is 0 Å². The van der Waals surface area contributed by atoms with E-state index < -0.39 is 6.09 Å². The molecule has 0 aliphatic heterocycles. The molecule has 0 saturated heterocycles. The molecule has 0 heterocycles. The molecule has 0 spiro atoms. The summed E-state index contributed by atoms with van der Waals surface area (Å²) in [4.78, 5) is 10.8. The smallest absolute Gasteiger partial charge is 1.00 e. The molecule has 0 aromatic carbocycles. The van der Waals surface area contributed by atoms with E-state index in [1.54, 1.807) is 0 Å². The Bertz CT molecular complexity index is 156. The summed E-state index contributed by atoms with van der Waals surface area (Å²) in [5.74, 6) is 0. The van der Waals surface area contributed by atoms with Gasteiger partial charge >= 0.3 is 55.0 Å². The van der Waals surface area contributed by atoms with Gasteiger partial charge in [-0.25, -0.2) is 4.79 Å². The molecule has 0 rings (SSSR count). The fourth-order valence-corrected chi connectivity index (χ4v) is 1.04. The van der Waals surface area contributed by atoms with E-state index in [4.69, 9.17) is 4.74 Å². The molecule has 0 saturated carbocycles. The Labute approximate surface area is 140 Å². The van der Waals surface area contributed by atoms with Crippen molar-refractivity contribution >= 4 is 80.6 Å². The van der Waals surface area contributed by atoms with Crippen LogP contribution < -0.4 is 0 Å². The van der Waals surface area contributed by atoms with Crippen LogP contribution in [0, 0.1) is 0 Å². The van der Waals surface area contributed by atoms with Crippen LogP contribution in [0.2, 0.25) is 0 Å². The molecule has 82 valence electrons. The van der Waals surface area contributed by atoms with Crippen LogP contribution in [0.1, 0.15) is 41.9 Å². The number of hydrogen-bond donors (Lipinski definition) is 2. The third-order valence-corrected chi connectivity index (χ3v) is 1.96. The Morgan fingerprint density at radius 2 is 1.86 bits per heavy atom. The van der Waals surface area contributed by atoms with Gasteiger partial charge in [-0.1, -0.05) is 32.6 Å². The van der Waals surface area contributed by atoms with Crippen molar-refractivity contribution < 1.29 is 12.4 Å². The molecule has 6 heteroatoms. The first kappa shape index (κ1) is 17.9. The summed E-state index contributed by atoms with van der Waals surface area (Å²) >= 11 is 7.35. The van der Waals surface area contributed by atoms with E-state index in [0.29, 0.717) is 6.61 Å². The SMILES string of the molecule is CCCCCCCOC(=O)N(S)S.[Ba+2].[H-].[H-]. The summed E-state index contributed by atoms with van der Waals surface area (Å²) in [5.41, 5.74) is 0.